The molecule has 0 radical (unpaired) electrons. The van der Waals surface area contributed by atoms with E-state index in [2.05, 4.69) is 5.32 Å². The van der Waals surface area contributed by atoms with Crippen LogP contribution >= 0.6 is 22.9 Å². The van der Waals surface area contributed by atoms with E-state index in [1.807, 2.05) is 0 Å². The summed E-state index contributed by atoms with van der Waals surface area (Å²) in [7, 11) is 0. The molecule has 4 nitrogen and oxygen atoms in total. The third kappa shape index (κ3) is 3.17. The second kappa shape index (κ2) is 6.02. The minimum absolute atomic E-state index is 0.0315. The first-order chi connectivity index (χ1) is 9.67. The van der Waals surface area contributed by atoms with Crippen molar-refractivity contribution in [2.24, 2.45) is 0 Å². The van der Waals surface area contributed by atoms with Crippen LogP contribution in [0.1, 0.15) is 35.4 Å². The summed E-state index contributed by atoms with van der Waals surface area (Å²) >= 11 is 7.18. The highest BCUT2D eigenvalue weighted by Crippen LogP contribution is 2.34. The van der Waals surface area contributed by atoms with Crippen molar-refractivity contribution < 1.29 is 14.3 Å². The van der Waals surface area contributed by atoms with Crippen molar-refractivity contribution in [2.45, 2.75) is 37.3 Å². The van der Waals surface area contributed by atoms with E-state index in [1.54, 1.807) is 12.1 Å². The van der Waals surface area contributed by atoms with Gasteiger partial charge in [0.15, 0.2) is 0 Å². The van der Waals surface area contributed by atoms with Crippen molar-refractivity contribution >= 4 is 28.8 Å². The van der Waals surface area contributed by atoms with Crippen LogP contribution in [0.4, 0.5) is 0 Å². The number of ether oxygens (including phenoxy) is 2. The van der Waals surface area contributed by atoms with Crippen LogP contribution in [-0.4, -0.2) is 37.4 Å². The lowest BCUT2D eigenvalue weighted by Gasteiger charge is -2.43. The van der Waals surface area contributed by atoms with Gasteiger partial charge in [-0.05, 0) is 37.8 Å². The van der Waals surface area contributed by atoms with Gasteiger partial charge in [-0.1, -0.05) is 11.6 Å². The summed E-state index contributed by atoms with van der Waals surface area (Å²) < 4.78 is 12.0. The second-order valence-corrected chi connectivity index (χ2v) is 7.13. The summed E-state index contributed by atoms with van der Waals surface area (Å²) in [5, 5.41) is 3.11. The molecule has 20 heavy (non-hydrogen) atoms. The van der Waals surface area contributed by atoms with Gasteiger partial charge >= 0.3 is 0 Å². The van der Waals surface area contributed by atoms with Gasteiger partial charge in [0.05, 0.1) is 14.8 Å². The van der Waals surface area contributed by atoms with Gasteiger partial charge in [0.25, 0.3) is 5.91 Å². The molecule has 1 aromatic heterocycles. The van der Waals surface area contributed by atoms with Gasteiger partial charge in [0, 0.05) is 25.9 Å². The lowest BCUT2D eigenvalue weighted by molar-refractivity contribution is -0.139. The van der Waals surface area contributed by atoms with Gasteiger partial charge in [-0.2, -0.15) is 0 Å². The SMILES string of the molecule is O=C(N[C@H]1CCOC2(CCOCC2)C1)c1ccc(Cl)s1. The lowest BCUT2D eigenvalue weighted by Crippen LogP contribution is -2.50. The topological polar surface area (TPSA) is 47.6 Å². The number of halogens is 1. The normalized spacial score (nSPS) is 25.6. The highest BCUT2D eigenvalue weighted by molar-refractivity contribution is 7.17. The summed E-state index contributed by atoms with van der Waals surface area (Å²) in [4.78, 5) is 12.8. The van der Waals surface area contributed by atoms with E-state index in [4.69, 9.17) is 21.1 Å². The molecule has 3 heterocycles. The Bertz CT molecular complexity index is 479. The molecule has 1 aromatic rings. The molecule has 1 spiro atoms. The fourth-order valence-corrected chi connectivity index (χ4v) is 3.88. The zero-order chi connectivity index (χ0) is 14.0. The van der Waals surface area contributed by atoms with Crippen LogP contribution < -0.4 is 5.32 Å². The smallest absolute Gasteiger partial charge is 0.261 e. The van der Waals surface area contributed by atoms with Crippen molar-refractivity contribution in [3.63, 3.8) is 0 Å². The molecule has 1 amide bonds. The molecule has 2 aliphatic heterocycles. The monoisotopic (exact) mass is 315 g/mol. The van der Waals surface area contributed by atoms with Crippen LogP contribution in [-0.2, 0) is 9.47 Å². The molecule has 0 bridgehead atoms. The standard InChI is InChI=1S/C14H18ClNO3S/c15-12-2-1-11(20-12)13(17)16-10-3-6-19-14(9-10)4-7-18-8-5-14/h1-2,10H,3-9H2,(H,16,17)/t10-/m0/s1. The van der Waals surface area contributed by atoms with Gasteiger partial charge in [-0.25, -0.2) is 0 Å². The van der Waals surface area contributed by atoms with E-state index < -0.39 is 0 Å². The molecule has 2 fully saturated rings. The number of carbonyl (C=O) groups is 1. The molecule has 2 saturated heterocycles. The number of hydrogen-bond acceptors (Lipinski definition) is 4. The summed E-state index contributed by atoms with van der Waals surface area (Å²) in [6.07, 6.45) is 3.59. The van der Waals surface area contributed by atoms with Crippen molar-refractivity contribution in [3.05, 3.63) is 21.3 Å². The Morgan fingerprint density at radius 2 is 2.15 bits per heavy atom. The second-order valence-electron chi connectivity index (χ2n) is 5.41. The summed E-state index contributed by atoms with van der Waals surface area (Å²) in [5.74, 6) is -0.0315. The van der Waals surface area contributed by atoms with Crippen molar-refractivity contribution in [3.8, 4) is 0 Å². The molecule has 110 valence electrons. The number of nitrogens with one attached hydrogen (secondary N) is 1. The van der Waals surface area contributed by atoms with Gasteiger partial charge in [0.2, 0.25) is 0 Å². The molecular weight excluding hydrogens is 298 g/mol. The Morgan fingerprint density at radius 3 is 2.85 bits per heavy atom. The molecule has 0 aromatic carbocycles. The fourth-order valence-electron chi connectivity index (χ4n) is 2.94. The Morgan fingerprint density at radius 1 is 1.35 bits per heavy atom. The van der Waals surface area contributed by atoms with E-state index in [0.717, 1.165) is 38.9 Å². The predicted octanol–water partition coefficient (Wildman–Crippen LogP) is 2.86. The van der Waals surface area contributed by atoms with Crippen LogP contribution in [0.25, 0.3) is 0 Å². The molecule has 1 atom stereocenters. The van der Waals surface area contributed by atoms with E-state index in [0.29, 0.717) is 15.8 Å². The van der Waals surface area contributed by atoms with Crippen LogP contribution in [0.2, 0.25) is 4.34 Å². The van der Waals surface area contributed by atoms with Crippen LogP contribution in [0, 0.1) is 0 Å². The third-order valence-electron chi connectivity index (χ3n) is 4.03. The minimum Gasteiger partial charge on any atom is -0.381 e. The van der Waals surface area contributed by atoms with Crippen LogP contribution in [0.15, 0.2) is 12.1 Å². The maximum atomic E-state index is 12.2. The summed E-state index contributed by atoms with van der Waals surface area (Å²) in [5.41, 5.74) is -0.0957. The van der Waals surface area contributed by atoms with E-state index >= 15 is 0 Å². The third-order valence-corrected chi connectivity index (χ3v) is 5.26. The first kappa shape index (κ1) is 14.3. The average Bonchev–Trinajstić information content (AvgIpc) is 2.86. The Kier molecular flexibility index (Phi) is 4.31. The first-order valence-corrected chi connectivity index (χ1v) is 8.14. The predicted molar refractivity (Wildman–Crippen MR) is 78.6 cm³/mol. The molecule has 2 aliphatic rings. The first-order valence-electron chi connectivity index (χ1n) is 6.95. The van der Waals surface area contributed by atoms with Gasteiger partial charge in [-0.3, -0.25) is 4.79 Å². The number of hydrogen-bond donors (Lipinski definition) is 1. The number of thiophene rings is 1. The molecule has 0 aliphatic carbocycles. The van der Waals surface area contributed by atoms with E-state index in [-0.39, 0.29) is 17.6 Å². The largest absolute Gasteiger partial charge is 0.381 e. The van der Waals surface area contributed by atoms with E-state index in [9.17, 15) is 4.79 Å². The van der Waals surface area contributed by atoms with Crippen LogP contribution in [0.5, 0.6) is 0 Å². The molecule has 0 saturated carbocycles. The number of carbonyl (C=O) groups excluding carboxylic acids is 1. The Labute approximate surface area is 127 Å². The molecular formula is C14H18ClNO3S. The Hall–Kier alpha value is -0.620. The number of rotatable bonds is 2. The average molecular weight is 316 g/mol. The van der Waals surface area contributed by atoms with Crippen molar-refractivity contribution in [1.82, 2.24) is 5.32 Å². The van der Waals surface area contributed by atoms with Crippen molar-refractivity contribution in [1.29, 1.82) is 0 Å². The lowest BCUT2D eigenvalue weighted by atomic mass is 9.84. The highest BCUT2D eigenvalue weighted by Gasteiger charge is 2.39. The summed E-state index contributed by atoms with van der Waals surface area (Å²) in [6.45, 7) is 2.21. The zero-order valence-corrected chi connectivity index (χ0v) is 12.8. The van der Waals surface area contributed by atoms with Crippen molar-refractivity contribution in [2.75, 3.05) is 19.8 Å². The minimum atomic E-state index is -0.0957. The molecule has 3 rings (SSSR count). The highest BCUT2D eigenvalue weighted by atomic mass is 35.5. The zero-order valence-electron chi connectivity index (χ0n) is 11.2. The van der Waals surface area contributed by atoms with Crippen LogP contribution in [0.3, 0.4) is 0 Å². The van der Waals surface area contributed by atoms with Gasteiger partial charge in [0.1, 0.15) is 0 Å². The van der Waals surface area contributed by atoms with Gasteiger partial charge in [-0.15, -0.1) is 11.3 Å². The quantitative estimate of drug-likeness (QED) is 0.913. The maximum Gasteiger partial charge on any atom is 0.261 e. The van der Waals surface area contributed by atoms with Gasteiger partial charge < -0.3 is 14.8 Å². The number of amides is 1. The molecule has 1 N–H and O–H groups in total. The molecule has 0 unspecified atom stereocenters. The summed E-state index contributed by atoms with van der Waals surface area (Å²) in [6, 6.07) is 3.70. The Balaban J connectivity index is 1.61. The fraction of sp³-hybridized carbons (Fsp3) is 0.643. The van der Waals surface area contributed by atoms with E-state index in [1.165, 1.54) is 11.3 Å². The maximum absolute atomic E-state index is 12.2. The molecule has 6 heteroatoms.